The van der Waals surface area contributed by atoms with Gasteiger partial charge in [-0.25, -0.2) is 22.6 Å². The van der Waals surface area contributed by atoms with Gasteiger partial charge in [0.1, 0.15) is 24.4 Å². The lowest BCUT2D eigenvalue weighted by molar-refractivity contribution is 0.0468. The lowest BCUT2D eigenvalue weighted by atomic mass is 10.2. The van der Waals surface area contributed by atoms with E-state index in [1.165, 1.54) is 40.9 Å². The maximum Gasteiger partial charge on any atom is 0.338 e. The van der Waals surface area contributed by atoms with Crippen LogP contribution in [0.2, 0.25) is 0 Å². The SMILES string of the molecule is O=C(OCc1coc(-c2ccc(F)cc2)n1)c1cccc(N2CCCS2(=O)=O)c1. The molecular weight excluding hydrogens is 399 g/mol. The first-order valence-electron chi connectivity index (χ1n) is 8.90. The first kappa shape index (κ1) is 19.1. The molecule has 1 aliphatic heterocycles. The first-order valence-corrected chi connectivity index (χ1v) is 10.5. The van der Waals surface area contributed by atoms with E-state index < -0.39 is 16.0 Å². The van der Waals surface area contributed by atoms with Crippen molar-refractivity contribution >= 4 is 21.7 Å². The number of carbonyl (C=O) groups excluding carboxylic acids is 1. The Morgan fingerprint density at radius 2 is 2.00 bits per heavy atom. The molecule has 2 heterocycles. The van der Waals surface area contributed by atoms with Crippen molar-refractivity contribution in [3.63, 3.8) is 0 Å². The van der Waals surface area contributed by atoms with Crippen LogP contribution in [0.1, 0.15) is 22.5 Å². The molecule has 0 N–H and O–H groups in total. The molecule has 1 aromatic heterocycles. The molecule has 0 amide bonds. The quantitative estimate of drug-likeness (QED) is 0.593. The second-order valence-corrected chi connectivity index (χ2v) is 8.53. The monoisotopic (exact) mass is 416 g/mol. The molecule has 1 saturated heterocycles. The van der Waals surface area contributed by atoms with Crippen LogP contribution < -0.4 is 4.31 Å². The minimum atomic E-state index is -3.33. The van der Waals surface area contributed by atoms with E-state index in [4.69, 9.17) is 9.15 Å². The Morgan fingerprint density at radius 1 is 1.21 bits per heavy atom. The van der Waals surface area contributed by atoms with Crippen molar-refractivity contribution in [3.8, 4) is 11.5 Å². The summed E-state index contributed by atoms with van der Waals surface area (Å²) in [6, 6.07) is 12.0. The number of hydrogen-bond donors (Lipinski definition) is 0. The largest absolute Gasteiger partial charge is 0.455 e. The van der Waals surface area contributed by atoms with Crippen LogP contribution in [0.3, 0.4) is 0 Å². The van der Waals surface area contributed by atoms with Gasteiger partial charge in [-0.15, -0.1) is 0 Å². The maximum absolute atomic E-state index is 13.0. The van der Waals surface area contributed by atoms with Crippen LogP contribution in [0.5, 0.6) is 0 Å². The van der Waals surface area contributed by atoms with Crippen LogP contribution >= 0.6 is 0 Å². The van der Waals surface area contributed by atoms with E-state index in [-0.39, 0.29) is 29.6 Å². The number of hydrogen-bond acceptors (Lipinski definition) is 6. The number of rotatable bonds is 5. The van der Waals surface area contributed by atoms with Gasteiger partial charge < -0.3 is 9.15 Å². The molecule has 150 valence electrons. The summed E-state index contributed by atoms with van der Waals surface area (Å²) in [7, 11) is -3.33. The third kappa shape index (κ3) is 4.14. The van der Waals surface area contributed by atoms with E-state index in [2.05, 4.69) is 4.98 Å². The number of oxazole rings is 1. The number of carbonyl (C=O) groups is 1. The molecule has 2 aromatic carbocycles. The van der Waals surface area contributed by atoms with Gasteiger partial charge >= 0.3 is 5.97 Å². The van der Waals surface area contributed by atoms with Gasteiger partial charge in [-0.3, -0.25) is 4.31 Å². The van der Waals surface area contributed by atoms with Gasteiger partial charge in [-0.2, -0.15) is 0 Å². The average Bonchev–Trinajstić information content (AvgIpc) is 3.32. The number of esters is 1. The molecular formula is C20H17FN2O5S. The van der Waals surface area contributed by atoms with Crippen LogP contribution in [0.15, 0.2) is 59.2 Å². The smallest absolute Gasteiger partial charge is 0.338 e. The van der Waals surface area contributed by atoms with E-state index >= 15 is 0 Å². The molecule has 1 aliphatic rings. The minimum absolute atomic E-state index is 0.101. The van der Waals surface area contributed by atoms with E-state index in [9.17, 15) is 17.6 Å². The van der Waals surface area contributed by atoms with Gasteiger partial charge in [0, 0.05) is 12.1 Å². The zero-order valence-corrected chi connectivity index (χ0v) is 16.1. The summed E-state index contributed by atoms with van der Waals surface area (Å²) in [5, 5.41) is 0. The lowest BCUT2D eigenvalue weighted by Gasteiger charge is -2.17. The van der Waals surface area contributed by atoms with Crippen LogP contribution in [0, 0.1) is 5.82 Å². The molecule has 7 nitrogen and oxygen atoms in total. The Kier molecular flexibility index (Phi) is 5.06. The highest BCUT2D eigenvalue weighted by Crippen LogP contribution is 2.25. The summed E-state index contributed by atoms with van der Waals surface area (Å²) in [5.41, 5.74) is 1.68. The number of anilines is 1. The highest BCUT2D eigenvalue weighted by atomic mass is 32.2. The Balaban J connectivity index is 1.43. The van der Waals surface area contributed by atoms with Crippen molar-refractivity contribution in [2.75, 3.05) is 16.6 Å². The third-order valence-electron chi connectivity index (χ3n) is 4.46. The normalized spacial score (nSPS) is 15.4. The molecule has 0 atom stereocenters. The van der Waals surface area contributed by atoms with Crippen molar-refractivity contribution in [2.24, 2.45) is 0 Å². The average molecular weight is 416 g/mol. The van der Waals surface area contributed by atoms with Crippen LogP contribution in [0.25, 0.3) is 11.5 Å². The fourth-order valence-corrected chi connectivity index (χ4v) is 4.60. The molecule has 9 heteroatoms. The number of benzene rings is 2. The summed E-state index contributed by atoms with van der Waals surface area (Å²) in [5.74, 6) is -0.574. The van der Waals surface area contributed by atoms with E-state index in [1.54, 1.807) is 18.2 Å². The second-order valence-electron chi connectivity index (χ2n) is 6.52. The predicted molar refractivity (Wildman–Crippen MR) is 103 cm³/mol. The number of nitrogens with zero attached hydrogens (tertiary/aromatic N) is 2. The van der Waals surface area contributed by atoms with Crippen LogP contribution in [0.4, 0.5) is 10.1 Å². The lowest BCUT2D eigenvalue weighted by Crippen LogP contribution is -2.25. The Hall–Kier alpha value is -3.20. The van der Waals surface area contributed by atoms with Crippen LogP contribution in [-0.2, 0) is 21.4 Å². The highest BCUT2D eigenvalue weighted by molar-refractivity contribution is 7.93. The zero-order chi connectivity index (χ0) is 20.4. The highest BCUT2D eigenvalue weighted by Gasteiger charge is 2.28. The summed E-state index contributed by atoms with van der Waals surface area (Å²) in [6.45, 7) is 0.279. The van der Waals surface area contributed by atoms with Gasteiger partial charge in [0.05, 0.1) is 17.0 Å². The third-order valence-corrected chi connectivity index (χ3v) is 6.33. The molecule has 0 spiro atoms. The number of ether oxygens (including phenoxy) is 1. The first-order chi connectivity index (χ1) is 13.9. The molecule has 29 heavy (non-hydrogen) atoms. The van der Waals surface area contributed by atoms with Crippen molar-refractivity contribution < 1.29 is 26.8 Å². The van der Waals surface area contributed by atoms with Crippen molar-refractivity contribution in [3.05, 3.63) is 71.9 Å². The number of sulfonamides is 1. The number of halogens is 1. The summed E-state index contributed by atoms with van der Waals surface area (Å²) < 4.78 is 49.0. The van der Waals surface area contributed by atoms with Crippen molar-refractivity contribution in [1.29, 1.82) is 0 Å². The Morgan fingerprint density at radius 3 is 2.72 bits per heavy atom. The fourth-order valence-electron chi connectivity index (χ4n) is 3.04. The van der Waals surface area contributed by atoms with Gasteiger partial charge in [0.2, 0.25) is 15.9 Å². The summed E-state index contributed by atoms with van der Waals surface area (Å²) in [6.07, 6.45) is 1.92. The molecule has 0 unspecified atom stereocenters. The minimum Gasteiger partial charge on any atom is -0.455 e. The topological polar surface area (TPSA) is 89.7 Å². The molecule has 0 aliphatic carbocycles. The van der Waals surface area contributed by atoms with E-state index in [0.717, 1.165) is 0 Å². The molecule has 0 saturated carbocycles. The number of aromatic nitrogens is 1. The van der Waals surface area contributed by atoms with E-state index in [1.807, 2.05) is 0 Å². The van der Waals surface area contributed by atoms with Gasteiger partial charge in [-0.05, 0) is 48.9 Å². The van der Waals surface area contributed by atoms with Crippen LogP contribution in [-0.4, -0.2) is 31.7 Å². The van der Waals surface area contributed by atoms with Gasteiger partial charge in [0.15, 0.2) is 0 Å². The summed E-state index contributed by atoms with van der Waals surface area (Å²) in [4.78, 5) is 16.6. The fraction of sp³-hybridized carbons (Fsp3) is 0.200. The molecule has 4 rings (SSSR count). The standard InChI is InChI=1S/C20H17FN2O5S/c21-16-7-5-14(6-8-16)19-22-17(12-27-19)13-28-20(24)15-3-1-4-18(11-15)23-9-2-10-29(23,25)26/h1,3-8,11-12H,2,9-10,13H2. The van der Waals surface area contributed by atoms with Gasteiger partial charge in [0.25, 0.3) is 0 Å². The predicted octanol–water partition coefficient (Wildman–Crippen LogP) is 3.38. The Labute approximate surface area is 166 Å². The van der Waals surface area contributed by atoms with Crippen molar-refractivity contribution in [1.82, 2.24) is 4.98 Å². The van der Waals surface area contributed by atoms with Gasteiger partial charge in [-0.1, -0.05) is 6.07 Å². The Bertz CT molecular complexity index is 1140. The molecule has 3 aromatic rings. The summed E-state index contributed by atoms with van der Waals surface area (Å²) >= 11 is 0. The maximum atomic E-state index is 13.0. The molecule has 0 bridgehead atoms. The second kappa shape index (κ2) is 7.67. The van der Waals surface area contributed by atoms with E-state index in [0.29, 0.717) is 29.9 Å². The van der Waals surface area contributed by atoms with Crippen molar-refractivity contribution in [2.45, 2.75) is 13.0 Å². The molecule has 1 fully saturated rings. The molecule has 0 radical (unpaired) electrons. The zero-order valence-electron chi connectivity index (χ0n) is 15.2.